The van der Waals surface area contributed by atoms with Crippen molar-refractivity contribution in [1.29, 1.82) is 0 Å². The number of benzene rings is 1. The second-order valence-corrected chi connectivity index (χ2v) is 2.94. The maximum atomic E-state index is 8.83. The minimum atomic E-state index is 0.0951. The molecule has 0 radical (unpaired) electrons. The zero-order chi connectivity index (χ0) is 9.80. The fourth-order valence-corrected chi connectivity index (χ4v) is 1.34. The Morgan fingerprint density at radius 2 is 2.00 bits per heavy atom. The number of hydrogen-bond acceptors (Lipinski definition) is 3. The van der Waals surface area contributed by atoms with Crippen LogP contribution in [0.3, 0.4) is 0 Å². The third-order valence-electron chi connectivity index (χ3n) is 1.99. The van der Waals surface area contributed by atoms with E-state index in [1.807, 2.05) is 34.9 Å². The summed E-state index contributed by atoms with van der Waals surface area (Å²) < 4.78 is 1.83. The topological polar surface area (TPSA) is 50.9 Å². The lowest BCUT2D eigenvalue weighted by Crippen LogP contribution is -2.02. The third-order valence-corrected chi connectivity index (χ3v) is 1.99. The lowest BCUT2D eigenvalue weighted by atomic mass is 10.2. The van der Waals surface area contributed by atoms with Crippen LogP contribution in [0, 0.1) is 0 Å². The Balaban J connectivity index is 2.37. The molecule has 1 N–H and O–H groups in total. The summed E-state index contributed by atoms with van der Waals surface area (Å²) in [7, 11) is 0. The van der Waals surface area contributed by atoms with Crippen molar-refractivity contribution in [3.05, 3.63) is 36.7 Å². The van der Waals surface area contributed by atoms with E-state index in [0.29, 0.717) is 6.54 Å². The molecule has 0 aliphatic heterocycles. The molecular formula is C10H11N3O. The predicted molar refractivity (Wildman–Crippen MR) is 52.5 cm³/mol. The fourth-order valence-electron chi connectivity index (χ4n) is 1.34. The molecule has 0 saturated heterocycles. The molecule has 0 bridgehead atoms. The van der Waals surface area contributed by atoms with E-state index in [-0.39, 0.29) is 6.61 Å². The van der Waals surface area contributed by atoms with Crippen LogP contribution in [0.25, 0.3) is 11.4 Å². The van der Waals surface area contributed by atoms with Crippen molar-refractivity contribution in [2.45, 2.75) is 6.54 Å². The summed E-state index contributed by atoms with van der Waals surface area (Å²) in [5.74, 6) is 0.791. The van der Waals surface area contributed by atoms with Gasteiger partial charge < -0.3 is 9.67 Å². The molecule has 2 aromatic rings. The fraction of sp³-hybridized carbons (Fsp3) is 0.200. The van der Waals surface area contributed by atoms with Gasteiger partial charge in [-0.1, -0.05) is 30.3 Å². The van der Waals surface area contributed by atoms with Gasteiger partial charge in [0.2, 0.25) is 0 Å². The quantitative estimate of drug-likeness (QED) is 0.781. The Bertz CT molecular complexity index is 397. The minimum Gasteiger partial charge on any atom is -0.395 e. The molecule has 0 saturated carbocycles. The van der Waals surface area contributed by atoms with E-state index >= 15 is 0 Å². The number of nitrogens with zero attached hydrogens (tertiary/aromatic N) is 3. The van der Waals surface area contributed by atoms with E-state index in [2.05, 4.69) is 10.2 Å². The number of rotatable bonds is 3. The molecule has 0 fully saturated rings. The molecule has 4 nitrogen and oxygen atoms in total. The summed E-state index contributed by atoms with van der Waals surface area (Å²) in [5.41, 5.74) is 1.01. The zero-order valence-electron chi connectivity index (χ0n) is 7.67. The monoisotopic (exact) mass is 189 g/mol. The number of aliphatic hydroxyl groups excluding tert-OH is 1. The van der Waals surface area contributed by atoms with Crippen LogP contribution in [-0.4, -0.2) is 26.5 Å². The lowest BCUT2D eigenvalue weighted by molar-refractivity contribution is 0.276. The normalized spacial score (nSPS) is 10.4. The molecule has 0 aliphatic rings. The number of hydrogen-bond donors (Lipinski definition) is 1. The third kappa shape index (κ3) is 1.65. The molecule has 0 unspecified atom stereocenters. The van der Waals surface area contributed by atoms with Crippen molar-refractivity contribution >= 4 is 0 Å². The van der Waals surface area contributed by atoms with E-state index in [1.165, 1.54) is 0 Å². The van der Waals surface area contributed by atoms with Gasteiger partial charge in [0.05, 0.1) is 6.61 Å². The first-order valence-corrected chi connectivity index (χ1v) is 4.46. The van der Waals surface area contributed by atoms with Gasteiger partial charge in [-0.2, -0.15) is 0 Å². The predicted octanol–water partition coefficient (Wildman–Crippen LogP) is 0.937. The molecule has 0 atom stereocenters. The van der Waals surface area contributed by atoms with Crippen LogP contribution in [0.4, 0.5) is 0 Å². The maximum Gasteiger partial charge on any atom is 0.163 e. The Hall–Kier alpha value is -1.68. The van der Waals surface area contributed by atoms with Gasteiger partial charge >= 0.3 is 0 Å². The van der Waals surface area contributed by atoms with Gasteiger partial charge in [0, 0.05) is 12.1 Å². The Morgan fingerprint density at radius 1 is 1.21 bits per heavy atom. The highest BCUT2D eigenvalue weighted by atomic mass is 16.3. The summed E-state index contributed by atoms with van der Waals surface area (Å²) in [6.45, 7) is 0.620. The molecule has 1 aromatic heterocycles. The minimum absolute atomic E-state index is 0.0951. The van der Waals surface area contributed by atoms with Crippen molar-refractivity contribution in [2.24, 2.45) is 0 Å². The first-order chi connectivity index (χ1) is 6.92. The smallest absolute Gasteiger partial charge is 0.163 e. The van der Waals surface area contributed by atoms with Crippen LogP contribution in [0.1, 0.15) is 0 Å². The van der Waals surface area contributed by atoms with Crippen LogP contribution in [-0.2, 0) is 6.54 Å². The summed E-state index contributed by atoms with van der Waals surface area (Å²) in [4.78, 5) is 0. The second-order valence-electron chi connectivity index (χ2n) is 2.94. The molecule has 2 rings (SSSR count). The molecule has 14 heavy (non-hydrogen) atoms. The SMILES string of the molecule is OCCn1cnnc1-c1ccccc1. The van der Waals surface area contributed by atoms with E-state index in [0.717, 1.165) is 11.4 Å². The van der Waals surface area contributed by atoms with Crippen molar-refractivity contribution in [2.75, 3.05) is 6.61 Å². The van der Waals surface area contributed by atoms with Gasteiger partial charge in [-0.05, 0) is 0 Å². The van der Waals surface area contributed by atoms with Crippen molar-refractivity contribution in [3.8, 4) is 11.4 Å². The molecule has 1 heterocycles. The summed E-state index contributed by atoms with van der Waals surface area (Å²) in [5, 5.41) is 16.7. The molecule has 72 valence electrons. The van der Waals surface area contributed by atoms with E-state index < -0.39 is 0 Å². The molecule has 4 heteroatoms. The maximum absolute atomic E-state index is 8.83. The summed E-state index contributed by atoms with van der Waals surface area (Å²) >= 11 is 0. The first kappa shape index (κ1) is 8.90. The van der Waals surface area contributed by atoms with E-state index in [4.69, 9.17) is 5.11 Å². The lowest BCUT2D eigenvalue weighted by Gasteiger charge is -2.03. The number of aliphatic hydroxyl groups is 1. The first-order valence-electron chi connectivity index (χ1n) is 4.46. The molecule has 0 amide bonds. The highest BCUT2D eigenvalue weighted by molar-refractivity contribution is 5.54. The van der Waals surface area contributed by atoms with Crippen molar-refractivity contribution in [1.82, 2.24) is 14.8 Å². The van der Waals surface area contributed by atoms with Crippen molar-refractivity contribution < 1.29 is 5.11 Å². The van der Waals surface area contributed by atoms with Crippen molar-refractivity contribution in [3.63, 3.8) is 0 Å². The molecule has 0 aliphatic carbocycles. The second kappa shape index (κ2) is 4.02. The van der Waals surface area contributed by atoms with Gasteiger partial charge in [0.25, 0.3) is 0 Å². The van der Waals surface area contributed by atoms with Gasteiger partial charge in [0.1, 0.15) is 6.33 Å². The van der Waals surface area contributed by atoms with Crippen LogP contribution in [0.15, 0.2) is 36.7 Å². The molecular weight excluding hydrogens is 178 g/mol. The summed E-state index contributed by atoms with van der Waals surface area (Å²) in [6.07, 6.45) is 1.62. The standard InChI is InChI=1S/C10H11N3O/c14-7-6-13-8-11-12-10(13)9-4-2-1-3-5-9/h1-5,8,14H,6-7H2. The van der Waals surface area contributed by atoms with Crippen LogP contribution < -0.4 is 0 Å². The van der Waals surface area contributed by atoms with Gasteiger partial charge in [0.15, 0.2) is 5.82 Å². The van der Waals surface area contributed by atoms with Crippen LogP contribution in [0.2, 0.25) is 0 Å². The largest absolute Gasteiger partial charge is 0.395 e. The summed E-state index contributed by atoms with van der Waals surface area (Å²) in [6, 6.07) is 9.80. The Morgan fingerprint density at radius 3 is 2.71 bits per heavy atom. The average molecular weight is 189 g/mol. The van der Waals surface area contributed by atoms with Crippen LogP contribution in [0.5, 0.6) is 0 Å². The molecule has 1 aromatic carbocycles. The van der Waals surface area contributed by atoms with E-state index in [1.54, 1.807) is 6.33 Å². The average Bonchev–Trinajstić information content (AvgIpc) is 2.68. The van der Waals surface area contributed by atoms with Gasteiger partial charge in [-0.15, -0.1) is 10.2 Å². The van der Waals surface area contributed by atoms with Gasteiger partial charge in [-0.25, -0.2) is 0 Å². The number of aromatic nitrogens is 3. The highest BCUT2D eigenvalue weighted by Gasteiger charge is 2.04. The van der Waals surface area contributed by atoms with Crippen LogP contribution >= 0.6 is 0 Å². The zero-order valence-corrected chi connectivity index (χ0v) is 7.67. The van der Waals surface area contributed by atoms with Gasteiger partial charge in [-0.3, -0.25) is 0 Å². The Labute approximate surface area is 81.8 Å². The molecule has 0 spiro atoms. The Kier molecular flexibility index (Phi) is 2.55. The van der Waals surface area contributed by atoms with E-state index in [9.17, 15) is 0 Å². The highest BCUT2D eigenvalue weighted by Crippen LogP contribution is 2.14.